The lowest BCUT2D eigenvalue weighted by molar-refractivity contribution is 0.121. The van der Waals surface area contributed by atoms with E-state index in [2.05, 4.69) is 9.97 Å². The zero-order valence-corrected chi connectivity index (χ0v) is 17.7. The Labute approximate surface area is 188 Å². The third-order valence-corrected chi connectivity index (χ3v) is 5.79. The number of carbonyl (C=O) groups is 1. The number of anilines is 1. The number of amides is 1. The number of pyridine rings is 2. The minimum absolute atomic E-state index is 0.207. The molecule has 1 atom stereocenters. The van der Waals surface area contributed by atoms with Crippen molar-refractivity contribution >= 4 is 22.9 Å². The first kappa shape index (κ1) is 20.6. The van der Waals surface area contributed by atoms with Crippen molar-refractivity contribution in [2.45, 2.75) is 18.9 Å². The molecular formula is C23H22N6O4. The summed E-state index contributed by atoms with van der Waals surface area (Å²) in [5, 5.41) is 9.43. The van der Waals surface area contributed by atoms with E-state index in [4.69, 9.17) is 10.5 Å². The van der Waals surface area contributed by atoms with E-state index >= 15 is 0 Å². The highest BCUT2D eigenvalue weighted by molar-refractivity contribution is 5.87. The highest BCUT2D eigenvalue weighted by Gasteiger charge is 2.29. The lowest BCUT2D eigenvalue weighted by atomic mass is 10.1. The van der Waals surface area contributed by atoms with Gasteiger partial charge in [-0.05, 0) is 37.1 Å². The Morgan fingerprint density at radius 3 is 2.67 bits per heavy atom. The number of nitrogens with zero attached hydrogens (tertiary/aromatic N) is 5. The van der Waals surface area contributed by atoms with Crippen molar-refractivity contribution in [1.29, 1.82) is 0 Å². The Hall–Kier alpha value is -4.34. The molecule has 0 radical (unpaired) electrons. The van der Waals surface area contributed by atoms with Gasteiger partial charge in [-0.3, -0.25) is 9.13 Å². The van der Waals surface area contributed by atoms with Crippen LogP contribution in [0.15, 0.2) is 65.7 Å². The number of hydrogen-bond donors (Lipinski definition) is 2. The third-order valence-electron chi connectivity index (χ3n) is 5.79. The number of hydrogen-bond acceptors (Lipinski definition) is 6. The molecule has 1 fully saturated rings. The monoisotopic (exact) mass is 446 g/mol. The van der Waals surface area contributed by atoms with Gasteiger partial charge in [0.2, 0.25) is 5.88 Å². The molecule has 168 valence electrons. The minimum atomic E-state index is -0.990. The van der Waals surface area contributed by atoms with Crippen LogP contribution in [-0.4, -0.2) is 48.3 Å². The molecule has 0 spiro atoms. The van der Waals surface area contributed by atoms with Crippen LogP contribution in [0.4, 0.5) is 10.6 Å². The van der Waals surface area contributed by atoms with Crippen LogP contribution in [0.25, 0.3) is 16.7 Å². The Balaban J connectivity index is 1.57. The summed E-state index contributed by atoms with van der Waals surface area (Å²) < 4.78 is 8.83. The molecule has 0 bridgehead atoms. The number of carboxylic acid groups (broad SMARTS) is 1. The first-order valence-corrected chi connectivity index (χ1v) is 10.6. The standard InChI is InChI=1S/C23H22N6O4/c24-21-20-18(10-11-25-21)28(16-5-4-12-27(14-16)23(31)32)22(30)29(20)15-8-9-19(26-13-15)33-17-6-2-1-3-7-17/h1-3,6-11,13,16H,4-5,12,14H2,(H2,24,25)(H,31,32)/t16-/m1/s1. The largest absolute Gasteiger partial charge is 0.465 e. The fourth-order valence-electron chi connectivity index (χ4n) is 4.30. The van der Waals surface area contributed by atoms with E-state index in [0.29, 0.717) is 47.7 Å². The molecule has 0 aliphatic carbocycles. The quantitative estimate of drug-likeness (QED) is 0.492. The fourth-order valence-corrected chi connectivity index (χ4v) is 4.30. The summed E-state index contributed by atoms with van der Waals surface area (Å²) in [5.74, 6) is 1.25. The maximum absolute atomic E-state index is 13.6. The van der Waals surface area contributed by atoms with Gasteiger partial charge in [0, 0.05) is 25.4 Å². The van der Waals surface area contributed by atoms with Crippen molar-refractivity contribution in [3.63, 3.8) is 0 Å². The van der Waals surface area contributed by atoms with Crippen molar-refractivity contribution < 1.29 is 14.6 Å². The van der Waals surface area contributed by atoms with Crippen LogP contribution in [0.5, 0.6) is 11.6 Å². The van der Waals surface area contributed by atoms with Crippen molar-refractivity contribution in [3.05, 3.63) is 71.4 Å². The normalized spacial score (nSPS) is 16.1. The second-order valence-corrected chi connectivity index (χ2v) is 7.85. The lowest BCUT2D eigenvalue weighted by Gasteiger charge is -2.31. The first-order chi connectivity index (χ1) is 16.0. The average molecular weight is 446 g/mol. The molecule has 33 heavy (non-hydrogen) atoms. The van der Waals surface area contributed by atoms with E-state index in [1.165, 1.54) is 9.47 Å². The average Bonchev–Trinajstić information content (AvgIpc) is 3.13. The molecule has 10 nitrogen and oxygen atoms in total. The summed E-state index contributed by atoms with van der Waals surface area (Å²) in [6, 6.07) is 14.1. The number of ether oxygens (including phenoxy) is 1. The topological polar surface area (TPSA) is 128 Å². The third kappa shape index (κ3) is 3.75. The Morgan fingerprint density at radius 2 is 1.94 bits per heavy atom. The highest BCUT2D eigenvalue weighted by Crippen LogP contribution is 2.29. The number of likely N-dealkylation sites (tertiary alicyclic amines) is 1. The van der Waals surface area contributed by atoms with Crippen molar-refractivity contribution in [2.75, 3.05) is 18.8 Å². The summed E-state index contributed by atoms with van der Waals surface area (Å²) in [6.07, 6.45) is 3.46. The van der Waals surface area contributed by atoms with E-state index in [1.54, 1.807) is 35.2 Å². The second kappa shape index (κ2) is 8.30. The van der Waals surface area contributed by atoms with Gasteiger partial charge in [0.1, 0.15) is 17.1 Å². The molecule has 1 amide bonds. The first-order valence-electron chi connectivity index (χ1n) is 10.6. The van der Waals surface area contributed by atoms with E-state index in [-0.39, 0.29) is 24.1 Å². The highest BCUT2D eigenvalue weighted by atomic mass is 16.5. The van der Waals surface area contributed by atoms with Crippen LogP contribution in [0.1, 0.15) is 18.9 Å². The van der Waals surface area contributed by atoms with Gasteiger partial charge >= 0.3 is 11.8 Å². The zero-order valence-electron chi connectivity index (χ0n) is 17.7. The molecule has 1 aliphatic rings. The Bertz CT molecular complexity index is 1360. The molecule has 1 aromatic carbocycles. The van der Waals surface area contributed by atoms with Crippen molar-refractivity contribution in [2.24, 2.45) is 0 Å². The Morgan fingerprint density at radius 1 is 1.12 bits per heavy atom. The maximum atomic E-state index is 13.6. The molecule has 1 aliphatic heterocycles. The molecule has 1 saturated heterocycles. The second-order valence-electron chi connectivity index (χ2n) is 7.85. The van der Waals surface area contributed by atoms with Gasteiger partial charge in [-0.1, -0.05) is 18.2 Å². The molecule has 4 aromatic rings. The number of aromatic nitrogens is 4. The SMILES string of the molecule is Nc1nccc2c1n(-c1ccc(Oc3ccccc3)nc1)c(=O)n2[C@@H]1CCCN(C(=O)O)C1. The zero-order chi connectivity index (χ0) is 22.9. The van der Waals surface area contributed by atoms with Crippen LogP contribution >= 0.6 is 0 Å². The maximum Gasteiger partial charge on any atom is 0.407 e. The minimum Gasteiger partial charge on any atom is -0.465 e. The van der Waals surface area contributed by atoms with Crippen molar-refractivity contribution in [1.82, 2.24) is 24.0 Å². The van der Waals surface area contributed by atoms with Gasteiger partial charge < -0.3 is 20.5 Å². The van der Waals surface area contributed by atoms with Crippen LogP contribution in [0, 0.1) is 0 Å². The lowest BCUT2D eigenvalue weighted by Crippen LogP contribution is -2.42. The number of fused-ring (bicyclic) bond motifs is 1. The summed E-state index contributed by atoms with van der Waals surface area (Å²) in [7, 11) is 0. The fraction of sp³-hybridized carbons (Fsp3) is 0.217. The summed E-state index contributed by atoms with van der Waals surface area (Å²) >= 11 is 0. The van der Waals surface area contributed by atoms with Gasteiger partial charge in [0.25, 0.3) is 0 Å². The predicted octanol–water partition coefficient (Wildman–Crippen LogP) is 3.27. The van der Waals surface area contributed by atoms with E-state index in [1.807, 2.05) is 30.3 Å². The number of nitrogens with two attached hydrogens (primary N) is 1. The summed E-state index contributed by atoms with van der Waals surface area (Å²) in [4.78, 5) is 35.0. The summed E-state index contributed by atoms with van der Waals surface area (Å²) in [5.41, 5.74) is 7.44. The molecule has 3 aromatic heterocycles. The van der Waals surface area contributed by atoms with E-state index < -0.39 is 6.09 Å². The van der Waals surface area contributed by atoms with E-state index in [0.717, 1.165) is 0 Å². The van der Waals surface area contributed by atoms with Crippen molar-refractivity contribution in [3.8, 4) is 17.3 Å². The van der Waals surface area contributed by atoms with Gasteiger partial charge in [-0.25, -0.2) is 19.6 Å². The van der Waals surface area contributed by atoms with Crippen LogP contribution in [0.3, 0.4) is 0 Å². The molecule has 0 saturated carbocycles. The van der Waals surface area contributed by atoms with Crippen LogP contribution < -0.4 is 16.2 Å². The molecule has 4 heterocycles. The number of imidazole rings is 1. The molecule has 5 rings (SSSR count). The molecule has 0 unspecified atom stereocenters. The number of rotatable bonds is 4. The Kier molecular flexibility index (Phi) is 5.17. The smallest absolute Gasteiger partial charge is 0.407 e. The van der Waals surface area contributed by atoms with Gasteiger partial charge in [0.15, 0.2) is 0 Å². The molecule has 10 heteroatoms. The number of para-hydroxylation sites is 1. The molecule has 3 N–H and O–H groups in total. The van der Waals surface area contributed by atoms with Gasteiger partial charge in [-0.2, -0.15) is 0 Å². The van der Waals surface area contributed by atoms with Gasteiger partial charge in [0.05, 0.1) is 23.4 Å². The van der Waals surface area contributed by atoms with Gasteiger partial charge in [-0.15, -0.1) is 0 Å². The van der Waals surface area contributed by atoms with E-state index in [9.17, 15) is 14.7 Å². The molecular weight excluding hydrogens is 424 g/mol. The van der Waals surface area contributed by atoms with Crippen LogP contribution in [0.2, 0.25) is 0 Å². The number of nitrogen functional groups attached to an aromatic ring is 1. The predicted molar refractivity (Wildman–Crippen MR) is 122 cm³/mol. The summed E-state index contributed by atoms with van der Waals surface area (Å²) in [6.45, 7) is 0.689. The van der Waals surface area contributed by atoms with Crippen LogP contribution in [-0.2, 0) is 0 Å². The number of piperidine rings is 1. The number of benzene rings is 1.